The van der Waals surface area contributed by atoms with E-state index in [1.165, 1.54) is 52.8 Å². The Morgan fingerprint density at radius 3 is 1.78 bits per heavy atom. The summed E-state index contributed by atoms with van der Waals surface area (Å²) in [5.74, 6) is 0. The molecule has 2 heterocycles. The van der Waals surface area contributed by atoms with Gasteiger partial charge in [-0.25, -0.2) is 0 Å². The third kappa shape index (κ3) is 5.47. The van der Waals surface area contributed by atoms with Gasteiger partial charge >= 0.3 is 0 Å². The Bertz CT molecular complexity index is 3550. The molecule has 10 aromatic carbocycles. The van der Waals surface area contributed by atoms with Gasteiger partial charge in [0.2, 0.25) is 0 Å². The predicted molar refractivity (Wildman–Crippen MR) is 253 cm³/mol. The number of furan rings is 1. The quantitative estimate of drug-likeness (QED) is 0.167. The molecular weight excluding hydrogens is 735 g/mol. The molecule has 2 nitrogen and oxygen atoms in total. The lowest BCUT2D eigenvalue weighted by Gasteiger charge is -2.27. The van der Waals surface area contributed by atoms with E-state index < -0.39 is 0 Å². The van der Waals surface area contributed by atoms with Crippen LogP contribution in [0.1, 0.15) is 0 Å². The highest BCUT2D eigenvalue weighted by Gasteiger charge is 2.25. The lowest BCUT2D eigenvalue weighted by atomic mass is 9.96. The largest absolute Gasteiger partial charge is 0.453 e. The van der Waals surface area contributed by atoms with Crippen molar-refractivity contribution >= 4 is 92.1 Å². The number of thiophene rings is 1. The normalized spacial score (nSPS) is 11.7. The molecule has 59 heavy (non-hydrogen) atoms. The SMILES string of the molecule is c1ccc(-c2cccc3c2oc2c(N(c4ccc(-c5ccc6ccccc6c5)cc4)c4cccc5c4sc4c6ccccc6ccc54)ccc(-c4ccccc4)c23)cc1. The zero-order chi connectivity index (χ0) is 38.9. The van der Waals surface area contributed by atoms with E-state index in [0.717, 1.165) is 61.3 Å². The molecule has 0 unspecified atom stereocenters. The highest BCUT2D eigenvalue weighted by atomic mass is 32.1. The van der Waals surface area contributed by atoms with Crippen LogP contribution in [0.15, 0.2) is 217 Å². The van der Waals surface area contributed by atoms with Crippen LogP contribution in [0.3, 0.4) is 0 Å². The van der Waals surface area contributed by atoms with Gasteiger partial charge in [-0.05, 0) is 79.7 Å². The molecule has 0 N–H and O–H groups in total. The maximum Gasteiger partial charge on any atom is 0.160 e. The number of anilines is 3. The van der Waals surface area contributed by atoms with Crippen molar-refractivity contribution in [2.75, 3.05) is 4.90 Å². The summed E-state index contributed by atoms with van der Waals surface area (Å²) in [6, 6.07) is 76.7. The second kappa shape index (κ2) is 13.6. The number of benzene rings is 10. The van der Waals surface area contributed by atoms with Crippen molar-refractivity contribution in [3.63, 3.8) is 0 Å². The number of para-hydroxylation sites is 1. The zero-order valence-electron chi connectivity index (χ0n) is 32.0. The van der Waals surface area contributed by atoms with Crippen molar-refractivity contribution in [2.24, 2.45) is 0 Å². The Hall–Kier alpha value is -7.46. The van der Waals surface area contributed by atoms with E-state index in [4.69, 9.17) is 4.42 Å². The van der Waals surface area contributed by atoms with E-state index in [0.29, 0.717) is 0 Å². The monoisotopic (exact) mass is 769 g/mol. The molecule has 0 saturated carbocycles. The average Bonchev–Trinajstić information content (AvgIpc) is 3.90. The first-order valence-electron chi connectivity index (χ1n) is 20.1. The van der Waals surface area contributed by atoms with E-state index in [1.54, 1.807) is 0 Å². The minimum Gasteiger partial charge on any atom is -0.453 e. The fourth-order valence-electron chi connectivity index (χ4n) is 9.03. The van der Waals surface area contributed by atoms with Gasteiger partial charge in [-0.15, -0.1) is 11.3 Å². The van der Waals surface area contributed by atoms with Crippen molar-refractivity contribution in [1.82, 2.24) is 0 Å². The van der Waals surface area contributed by atoms with Crippen molar-refractivity contribution in [3.8, 4) is 33.4 Å². The first-order chi connectivity index (χ1) is 29.3. The summed E-state index contributed by atoms with van der Waals surface area (Å²) in [7, 11) is 0. The molecular formula is C56H35NOS. The Morgan fingerprint density at radius 1 is 0.339 bits per heavy atom. The molecule has 0 aliphatic rings. The molecule has 276 valence electrons. The molecule has 0 atom stereocenters. The van der Waals surface area contributed by atoms with Crippen molar-refractivity contribution in [1.29, 1.82) is 0 Å². The van der Waals surface area contributed by atoms with Crippen LogP contribution in [0.4, 0.5) is 17.1 Å². The lowest BCUT2D eigenvalue weighted by Crippen LogP contribution is -2.10. The highest BCUT2D eigenvalue weighted by Crippen LogP contribution is 2.51. The summed E-state index contributed by atoms with van der Waals surface area (Å²) in [5, 5.41) is 9.74. The Balaban J connectivity index is 1.14. The first kappa shape index (κ1) is 33.7. The molecule has 0 amide bonds. The summed E-state index contributed by atoms with van der Waals surface area (Å²) in [6.45, 7) is 0. The zero-order valence-corrected chi connectivity index (χ0v) is 32.8. The first-order valence-corrected chi connectivity index (χ1v) is 20.9. The molecule has 0 bridgehead atoms. The fraction of sp³-hybridized carbons (Fsp3) is 0. The smallest absolute Gasteiger partial charge is 0.160 e. The van der Waals surface area contributed by atoms with E-state index in [-0.39, 0.29) is 0 Å². The van der Waals surface area contributed by atoms with Gasteiger partial charge in [-0.3, -0.25) is 0 Å². The number of fused-ring (bicyclic) bond motifs is 9. The molecule has 0 aliphatic carbocycles. The number of hydrogen-bond donors (Lipinski definition) is 0. The van der Waals surface area contributed by atoms with E-state index in [2.05, 4.69) is 217 Å². The van der Waals surface area contributed by atoms with Crippen LogP contribution in [-0.2, 0) is 0 Å². The van der Waals surface area contributed by atoms with Crippen LogP contribution in [0.25, 0.3) is 97.0 Å². The molecule has 2 aromatic heterocycles. The van der Waals surface area contributed by atoms with Gasteiger partial charge in [0.1, 0.15) is 5.58 Å². The van der Waals surface area contributed by atoms with Gasteiger partial charge in [-0.2, -0.15) is 0 Å². The molecule has 0 radical (unpaired) electrons. The standard InChI is InChI=1S/C56H35NOS/c1-3-14-38(15-4-1)44-33-34-50(54-52(44)49-23-11-21-45(53(49)58-54)39-16-5-2-6-17-39)57(43-30-27-37(28-31-43)42-26-25-36-13-7-8-19-41(36)35-42)51-24-12-22-47-48-32-29-40-18-9-10-20-46(40)55(48)59-56(47)51/h1-35H. The topological polar surface area (TPSA) is 16.4 Å². The van der Waals surface area contributed by atoms with Crippen LogP contribution in [0.5, 0.6) is 0 Å². The van der Waals surface area contributed by atoms with Crippen LogP contribution in [-0.4, -0.2) is 0 Å². The van der Waals surface area contributed by atoms with Crippen molar-refractivity contribution in [3.05, 3.63) is 212 Å². The Labute approximate surface area is 345 Å². The van der Waals surface area contributed by atoms with Crippen LogP contribution < -0.4 is 4.90 Å². The summed E-state index contributed by atoms with van der Waals surface area (Å²) in [5.41, 5.74) is 11.8. The fourth-order valence-corrected chi connectivity index (χ4v) is 10.4. The second-order valence-electron chi connectivity index (χ2n) is 15.2. The summed E-state index contributed by atoms with van der Waals surface area (Å²) in [4.78, 5) is 2.42. The number of nitrogens with zero attached hydrogens (tertiary/aromatic N) is 1. The Morgan fingerprint density at radius 2 is 0.966 bits per heavy atom. The van der Waals surface area contributed by atoms with Gasteiger partial charge in [0, 0.05) is 37.5 Å². The van der Waals surface area contributed by atoms with Gasteiger partial charge in [0.05, 0.1) is 16.1 Å². The van der Waals surface area contributed by atoms with Crippen LogP contribution >= 0.6 is 11.3 Å². The van der Waals surface area contributed by atoms with Crippen LogP contribution in [0.2, 0.25) is 0 Å². The van der Waals surface area contributed by atoms with E-state index >= 15 is 0 Å². The summed E-state index contributed by atoms with van der Waals surface area (Å²) >= 11 is 1.87. The third-order valence-corrected chi connectivity index (χ3v) is 13.1. The lowest BCUT2D eigenvalue weighted by molar-refractivity contribution is 0.670. The van der Waals surface area contributed by atoms with Gasteiger partial charge < -0.3 is 9.32 Å². The molecule has 0 saturated heterocycles. The Kier molecular flexibility index (Phi) is 7.75. The molecule has 0 fully saturated rings. The summed E-state index contributed by atoms with van der Waals surface area (Å²) < 4.78 is 9.82. The molecule has 12 aromatic rings. The predicted octanol–water partition coefficient (Wildman–Crippen LogP) is 16.7. The maximum atomic E-state index is 7.28. The molecule has 0 aliphatic heterocycles. The molecule has 0 spiro atoms. The number of hydrogen-bond acceptors (Lipinski definition) is 3. The average molecular weight is 770 g/mol. The van der Waals surface area contributed by atoms with E-state index in [9.17, 15) is 0 Å². The molecule has 3 heteroatoms. The van der Waals surface area contributed by atoms with Crippen molar-refractivity contribution < 1.29 is 4.42 Å². The number of rotatable bonds is 6. The van der Waals surface area contributed by atoms with E-state index in [1.807, 2.05) is 11.3 Å². The van der Waals surface area contributed by atoms with Crippen molar-refractivity contribution in [2.45, 2.75) is 0 Å². The maximum absolute atomic E-state index is 7.28. The molecule has 12 rings (SSSR count). The third-order valence-electron chi connectivity index (χ3n) is 11.9. The van der Waals surface area contributed by atoms with Crippen LogP contribution in [0, 0.1) is 0 Å². The van der Waals surface area contributed by atoms with Gasteiger partial charge in [0.25, 0.3) is 0 Å². The van der Waals surface area contributed by atoms with Gasteiger partial charge in [-0.1, -0.05) is 182 Å². The minimum atomic E-state index is 0.854. The van der Waals surface area contributed by atoms with Gasteiger partial charge in [0.15, 0.2) is 5.58 Å². The highest BCUT2D eigenvalue weighted by molar-refractivity contribution is 7.27. The second-order valence-corrected chi connectivity index (χ2v) is 16.2. The summed E-state index contributed by atoms with van der Waals surface area (Å²) in [6.07, 6.45) is 0. The minimum absolute atomic E-state index is 0.854.